The van der Waals surface area contributed by atoms with Gasteiger partial charge in [0.05, 0.1) is 31.6 Å². The van der Waals surface area contributed by atoms with Gasteiger partial charge in [-0.1, -0.05) is 18.2 Å². The Morgan fingerprint density at radius 1 is 1.31 bits per heavy atom. The molecule has 0 saturated carbocycles. The molecule has 3 aromatic rings. The monoisotopic (exact) mass is 493 g/mol. The molecule has 10 heteroatoms. The number of rotatable bonds is 9. The normalized spacial score (nSPS) is 12.5. The van der Waals surface area contributed by atoms with Gasteiger partial charge >= 0.3 is 6.09 Å². The van der Waals surface area contributed by atoms with Crippen molar-refractivity contribution in [3.05, 3.63) is 64.6 Å². The third-order valence-corrected chi connectivity index (χ3v) is 6.84. The van der Waals surface area contributed by atoms with Crippen LogP contribution in [0.2, 0.25) is 0 Å². The average molecular weight is 494 g/mol. The maximum Gasteiger partial charge on any atom is 0.410 e. The van der Waals surface area contributed by atoms with E-state index in [9.17, 15) is 14.9 Å². The summed E-state index contributed by atoms with van der Waals surface area (Å²) >= 11 is 1.35. The van der Waals surface area contributed by atoms with Crippen molar-refractivity contribution < 1.29 is 19.1 Å². The number of benzene rings is 1. The standard InChI is InChI=1S/C25H27N5O4S/c1-2-33-21-6-4-3-5-18(21)7-8-23(31)28-24-20(15-26)19-9-11-30(16-22(19)35-24)25(32)34-14-13-29-12-10-27-17-29/h3-6,10,12,17H,2,7-9,11,13-14,16H2,1H3,(H,28,31). The molecule has 0 radical (unpaired) electrons. The van der Waals surface area contributed by atoms with E-state index in [0.717, 1.165) is 21.8 Å². The van der Waals surface area contributed by atoms with Gasteiger partial charge < -0.3 is 24.3 Å². The number of hydrogen-bond acceptors (Lipinski definition) is 7. The summed E-state index contributed by atoms with van der Waals surface area (Å²) in [5.41, 5.74) is 2.36. The van der Waals surface area contributed by atoms with E-state index in [-0.39, 0.29) is 25.0 Å². The van der Waals surface area contributed by atoms with Crippen molar-refractivity contribution in [2.75, 3.05) is 25.1 Å². The summed E-state index contributed by atoms with van der Waals surface area (Å²) in [6.07, 6.45) is 6.12. The molecule has 0 fully saturated rings. The predicted octanol–water partition coefficient (Wildman–Crippen LogP) is 3.98. The fourth-order valence-corrected chi connectivity index (χ4v) is 5.19. The quantitative estimate of drug-likeness (QED) is 0.483. The Labute approximate surface area is 207 Å². The maximum atomic E-state index is 12.7. The number of amides is 2. The third-order valence-electron chi connectivity index (χ3n) is 5.71. The topological polar surface area (TPSA) is 109 Å². The second kappa shape index (κ2) is 11.5. The first-order chi connectivity index (χ1) is 17.1. The fourth-order valence-electron chi connectivity index (χ4n) is 3.96. The molecule has 0 saturated heterocycles. The van der Waals surface area contributed by atoms with Gasteiger partial charge in [0.25, 0.3) is 0 Å². The van der Waals surface area contributed by atoms with Gasteiger partial charge in [0.15, 0.2) is 0 Å². The predicted molar refractivity (Wildman–Crippen MR) is 131 cm³/mol. The number of hydrogen-bond donors (Lipinski definition) is 1. The van der Waals surface area contributed by atoms with Crippen LogP contribution in [0.4, 0.5) is 9.80 Å². The number of ether oxygens (including phenoxy) is 2. The molecular formula is C25H27N5O4S. The van der Waals surface area contributed by atoms with Gasteiger partial charge in [-0.15, -0.1) is 11.3 Å². The molecule has 0 atom stereocenters. The lowest BCUT2D eigenvalue weighted by Gasteiger charge is -2.26. The number of carbonyl (C=O) groups excluding carboxylic acids is 2. The zero-order valence-electron chi connectivity index (χ0n) is 19.5. The van der Waals surface area contributed by atoms with Gasteiger partial charge in [0.1, 0.15) is 23.4 Å². The maximum absolute atomic E-state index is 12.7. The van der Waals surface area contributed by atoms with E-state index < -0.39 is 0 Å². The van der Waals surface area contributed by atoms with Crippen molar-refractivity contribution in [2.45, 2.75) is 39.3 Å². The van der Waals surface area contributed by atoms with E-state index in [4.69, 9.17) is 9.47 Å². The van der Waals surface area contributed by atoms with Crippen LogP contribution in [0.3, 0.4) is 0 Å². The summed E-state index contributed by atoms with van der Waals surface area (Å²) in [6.45, 7) is 4.09. The van der Waals surface area contributed by atoms with Crippen molar-refractivity contribution in [3.8, 4) is 11.8 Å². The average Bonchev–Trinajstić information content (AvgIpc) is 3.50. The minimum Gasteiger partial charge on any atom is -0.494 e. The SMILES string of the molecule is CCOc1ccccc1CCC(=O)Nc1sc2c(c1C#N)CCN(C(=O)OCCn1ccnc1)C2. The Balaban J connectivity index is 1.34. The molecule has 3 heterocycles. The second-order valence-corrected chi connectivity index (χ2v) is 9.10. The van der Waals surface area contributed by atoms with Crippen molar-refractivity contribution in [3.63, 3.8) is 0 Å². The van der Waals surface area contributed by atoms with Crippen LogP contribution in [0.1, 0.15) is 34.9 Å². The Morgan fingerprint density at radius 2 is 2.17 bits per heavy atom. The largest absolute Gasteiger partial charge is 0.494 e. The molecule has 0 aliphatic carbocycles. The number of nitriles is 1. The number of aryl methyl sites for hydroxylation is 1. The molecule has 1 aliphatic heterocycles. The number of aromatic nitrogens is 2. The highest BCUT2D eigenvalue weighted by Gasteiger charge is 2.28. The third kappa shape index (κ3) is 6.00. The highest BCUT2D eigenvalue weighted by atomic mass is 32.1. The smallest absolute Gasteiger partial charge is 0.410 e. The lowest BCUT2D eigenvalue weighted by molar-refractivity contribution is -0.116. The summed E-state index contributed by atoms with van der Waals surface area (Å²) in [6, 6.07) is 9.91. The molecule has 0 unspecified atom stereocenters. The first kappa shape index (κ1) is 24.3. The summed E-state index contributed by atoms with van der Waals surface area (Å²) in [4.78, 5) is 31.7. The number of nitrogens with one attached hydrogen (secondary N) is 1. The van der Waals surface area contributed by atoms with E-state index in [0.29, 0.717) is 49.6 Å². The first-order valence-electron chi connectivity index (χ1n) is 11.5. The molecule has 0 spiro atoms. The summed E-state index contributed by atoms with van der Waals surface area (Å²) in [5.74, 6) is 0.617. The molecule has 182 valence electrons. The fraction of sp³-hybridized carbons (Fsp3) is 0.360. The van der Waals surface area contributed by atoms with Gasteiger partial charge in [-0.2, -0.15) is 5.26 Å². The lowest BCUT2D eigenvalue weighted by atomic mass is 10.0. The minimum atomic E-state index is -0.388. The van der Waals surface area contributed by atoms with Gasteiger partial charge in [-0.05, 0) is 37.0 Å². The van der Waals surface area contributed by atoms with Crippen LogP contribution < -0.4 is 10.1 Å². The Kier molecular flexibility index (Phi) is 8.00. The van der Waals surface area contributed by atoms with Crippen LogP contribution in [0, 0.1) is 11.3 Å². The highest BCUT2D eigenvalue weighted by Crippen LogP contribution is 2.37. The van der Waals surface area contributed by atoms with Crippen LogP contribution in [0.5, 0.6) is 5.75 Å². The molecule has 35 heavy (non-hydrogen) atoms. The number of fused-ring (bicyclic) bond motifs is 1. The minimum absolute atomic E-state index is 0.165. The number of thiophene rings is 1. The summed E-state index contributed by atoms with van der Waals surface area (Å²) < 4.78 is 12.9. The lowest BCUT2D eigenvalue weighted by Crippen LogP contribution is -2.36. The van der Waals surface area contributed by atoms with Gasteiger partial charge in [0, 0.05) is 30.2 Å². The van der Waals surface area contributed by atoms with Crippen LogP contribution in [0.25, 0.3) is 0 Å². The van der Waals surface area contributed by atoms with Gasteiger partial charge in [0.2, 0.25) is 5.91 Å². The number of para-hydroxylation sites is 1. The molecule has 2 aromatic heterocycles. The van der Waals surface area contributed by atoms with Crippen molar-refractivity contribution >= 4 is 28.3 Å². The van der Waals surface area contributed by atoms with Crippen LogP contribution in [-0.2, 0) is 35.5 Å². The van der Waals surface area contributed by atoms with E-state index >= 15 is 0 Å². The number of imidazole rings is 1. The number of anilines is 1. The second-order valence-electron chi connectivity index (χ2n) is 8.00. The van der Waals surface area contributed by atoms with E-state index in [1.807, 2.05) is 42.0 Å². The summed E-state index contributed by atoms with van der Waals surface area (Å²) in [7, 11) is 0. The number of nitrogens with zero attached hydrogens (tertiary/aromatic N) is 4. The molecule has 0 bridgehead atoms. The first-order valence-corrected chi connectivity index (χ1v) is 12.3. The Hall–Kier alpha value is -3.84. The summed E-state index contributed by atoms with van der Waals surface area (Å²) in [5, 5.41) is 13.2. The molecule has 1 N–H and O–H groups in total. The van der Waals surface area contributed by atoms with E-state index in [1.54, 1.807) is 17.4 Å². The van der Waals surface area contributed by atoms with Gasteiger partial charge in [-0.3, -0.25) is 4.79 Å². The van der Waals surface area contributed by atoms with E-state index in [1.165, 1.54) is 11.3 Å². The zero-order valence-corrected chi connectivity index (χ0v) is 20.3. The molecule has 2 amide bonds. The van der Waals surface area contributed by atoms with Crippen molar-refractivity contribution in [1.82, 2.24) is 14.5 Å². The van der Waals surface area contributed by atoms with Crippen LogP contribution in [-0.4, -0.2) is 46.2 Å². The van der Waals surface area contributed by atoms with E-state index in [2.05, 4.69) is 16.4 Å². The molecular weight excluding hydrogens is 466 g/mol. The zero-order chi connectivity index (χ0) is 24.6. The Bertz CT molecular complexity index is 1220. The molecule has 1 aromatic carbocycles. The number of carbonyl (C=O) groups is 2. The van der Waals surface area contributed by atoms with Crippen molar-refractivity contribution in [2.24, 2.45) is 0 Å². The Morgan fingerprint density at radius 3 is 2.94 bits per heavy atom. The highest BCUT2D eigenvalue weighted by molar-refractivity contribution is 7.16. The van der Waals surface area contributed by atoms with Crippen LogP contribution in [0.15, 0.2) is 43.0 Å². The van der Waals surface area contributed by atoms with Crippen molar-refractivity contribution in [1.29, 1.82) is 5.26 Å². The van der Waals surface area contributed by atoms with Crippen LogP contribution >= 0.6 is 11.3 Å². The molecule has 4 rings (SSSR count). The molecule has 9 nitrogen and oxygen atoms in total. The molecule has 1 aliphatic rings. The van der Waals surface area contributed by atoms with Gasteiger partial charge in [-0.25, -0.2) is 9.78 Å².